The molecule has 0 aliphatic carbocycles. The maximum atomic E-state index is 13.1. The Balaban J connectivity index is 1.39. The minimum atomic E-state index is -4.46. The van der Waals surface area contributed by atoms with E-state index in [9.17, 15) is 18.0 Å². The SMILES string of the molecule is CCn1c(N2CCC3(CCN(c4ccnc(C(F)(F)F)c4)C3)C2)nc2[nH]ncc2c1=O. The van der Waals surface area contributed by atoms with Gasteiger partial charge in [0.15, 0.2) is 5.65 Å². The van der Waals surface area contributed by atoms with Gasteiger partial charge >= 0.3 is 6.18 Å². The van der Waals surface area contributed by atoms with Crippen molar-refractivity contribution in [2.24, 2.45) is 5.41 Å². The Morgan fingerprint density at radius 2 is 1.94 bits per heavy atom. The maximum absolute atomic E-state index is 13.1. The zero-order valence-electron chi connectivity index (χ0n) is 17.0. The van der Waals surface area contributed by atoms with Crippen LogP contribution in [0.4, 0.5) is 24.8 Å². The van der Waals surface area contributed by atoms with Crippen LogP contribution in [0.25, 0.3) is 11.0 Å². The van der Waals surface area contributed by atoms with Gasteiger partial charge in [0, 0.05) is 50.0 Å². The van der Waals surface area contributed by atoms with Crippen molar-refractivity contribution >= 4 is 22.7 Å². The van der Waals surface area contributed by atoms with E-state index in [0.29, 0.717) is 48.8 Å². The lowest BCUT2D eigenvalue weighted by atomic mass is 9.86. The summed E-state index contributed by atoms with van der Waals surface area (Å²) >= 11 is 0. The molecule has 0 radical (unpaired) electrons. The lowest BCUT2D eigenvalue weighted by Gasteiger charge is -2.27. The summed E-state index contributed by atoms with van der Waals surface area (Å²) in [4.78, 5) is 25.0. The Kier molecular flexibility index (Phi) is 4.45. The van der Waals surface area contributed by atoms with E-state index >= 15 is 0 Å². The van der Waals surface area contributed by atoms with Crippen LogP contribution >= 0.6 is 0 Å². The second-order valence-corrected chi connectivity index (χ2v) is 8.33. The third kappa shape index (κ3) is 3.31. The van der Waals surface area contributed by atoms with Crippen molar-refractivity contribution in [3.05, 3.63) is 40.6 Å². The van der Waals surface area contributed by atoms with E-state index in [0.717, 1.165) is 25.5 Å². The Labute approximate surface area is 175 Å². The summed E-state index contributed by atoms with van der Waals surface area (Å²) in [7, 11) is 0. The molecule has 3 aromatic rings. The van der Waals surface area contributed by atoms with E-state index in [-0.39, 0.29) is 11.0 Å². The Bertz CT molecular complexity index is 1190. The molecule has 5 rings (SSSR count). The highest BCUT2D eigenvalue weighted by molar-refractivity contribution is 5.74. The van der Waals surface area contributed by atoms with Gasteiger partial charge in [-0.25, -0.2) is 0 Å². The molecule has 0 amide bonds. The lowest BCUT2D eigenvalue weighted by molar-refractivity contribution is -0.141. The van der Waals surface area contributed by atoms with Crippen LogP contribution in [0.3, 0.4) is 0 Å². The molecule has 1 atom stereocenters. The summed E-state index contributed by atoms with van der Waals surface area (Å²) in [6, 6.07) is 2.75. The Morgan fingerprint density at radius 3 is 2.68 bits per heavy atom. The first-order valence-corrected chi connectivity index (χ1v) is 10.3. The molecule has 1 spiro atoms. The van der Waals surface area contributed by atoms with Gasteiger partial charge in [-0.3, -0.25) is 19.4 Å². The number of aromatic nitrogens is 5. The van der Waals surface area contributed by atoms with Crippen LogP contribution in [0.5, 0.6) is 0 Å². The minimum Gasteiger partial charge on any atom is -0.371 e. The van der Waals surface area contributed by atoms with Crippen molar-refractivity contribution in [1.29, 1.82) is 0 Å². The molecule has 1 unspecified atom stereocenters. The van der Waals surface area contributed by atoms with Crippen molar-refractivity contribution in [2.75, 3.05) is 36.0 Å². The predicted molar refractivity (Wildman–Crippen MR) is 109 cm³/mol. The van der Waals surface area contributed by atoms with Crippen molar-refractivity contribution in [3.8, 4) is 0 Å². The first-order valence-electron chi connectivity index (χ1n) is 10.3. The number of rotatable bonds is 3. The van der Waals surface area contributed by atoms with Gasteiger partial charge in [-0.15, -0.1) is 0 Å². The van der Waals surface area contributed by atoms with Crippen molar-refractivity contribution < 1.29 is 13.2 Å². The van der Waals surface area contributed by atoms with E-state index in [4.69, 9.17) is 0 Å². The maximum Gasteiger partial charge on any atom is 0.433 e. The van der Waals surface area contributed by atoms with Crippen LogP contribution in [0, 0.1) is 5.41 Å². The van der Waals surface area contributed by atoms with E-state index in [1.807, 2.05) is 11.8 Å². The predicted octanol–water partition coefficient (Wildman–Crippen LogP) is 2.66. The third-order valence-corrected chi connectivity index (χ3v) is 6.42. The molecule has 8 nitrogen and oxygen atoms in total. The van der Waals surface area contributed by atoms with Gasteiger partial charge in [0.05, 0.1) is 6.20 Å². The zero-order valence-corrected chi connectivity index (χ0v) is 17.0. The molecule has 2 fully saturated rings. The molecule has 2 aliphatic heterocycles. The summed E-state index contributed by atoms with van der Waals surface area (Å²) in [5.74, 6) is 0.614. The number of nitrogens with zero attached hydrogens (tertiary/aromatic N) is 6. The number of hydrogen-bond acceptors (Lipinski definition) is 6. The molecule has 0 bridgehead atoms. The number of alkyl halides is 3. The number of fused-ring (bicyclic) bond motifs is 1. The van der Waals surface area contributed by atoms with E-state index < -0.39 is 11.9 Å². The van der Waals surface area contributed by atoms with Crippen LogP contribution in [0.1, 0.15) is 25.5 Å². The summed E-state index contributed by atoms with van der Waals surface area (Å²) in [5.41, 5.74) is -0.0407. The molecule has 2 saturated heterocycles. The molecular formula is C20H22F3N7O. The van der Waals surface area contributed by atoms with E-state index in [1.165, 1.54) is 12.4 Å². The first kappa shape index (κ1) is 19.8. The number of hydrogen-bond donors (Lipinski definition) is 1. The molecular weight excluding hydrogens is 411 g/mol. The Hall–Kier alpha value is -3.11. The van der Waals surface area contributed by atoms with Crippen molar-refractivity contribution in [3.63, 3.8) is 0 Å². The molecule has 11 heteroatoms. The van der Waals surface area contributed by atoms with Gasteiger partial charge in [0.1, 0.15) is 11.1 Å². The fourth-order valence-electron chi connectivity index (χ4n) is 4.81. The average Bonchev–Trinajstić information content (AvgIpc) is 3.48. The standard InChI is InChI=1S/C20H22F3N7O/c1-2-30-17(31)14-10-25-27-16(14)26-18(30)29-8-5-19(12-29)4-7-28(11-19)13-3-6-24-15(9-13)20(21,22)23/h3,6,9-10H,2,4-5,7-8,11-12H2,1H3,(H,25,27). The zero-order chi connectivity index (χ0) is 21.8. The number of pyridine rings is 1. The van der Waals surface area contributed by atoms with Gasteiger partial charge < -0.3 is 9.80 Å². The highest BCUT2D eigenvalue weighted by Crippen LogP contribution is 2.42. The number of aromatic amines is 1. The van der Waals surface area contributed by atoms with E-state index in [2.05, 4.69) is 25.1 Å². The average molecular weight is 433 g/mol. The van der Waals surface area contributed by atoms with Crippen LogP contribution in [0.15, 0.2) is 29.3 Å². The molecule has 0 saturated carbocycles. The van der Waals surface area contributed by atoms with Gasteiger partial charge in [-0.2, -0.15) is 23.3 Å². The number of halogens is 3. The van der Waals surface area contributed by atoms with Gasteiger partial charge in [-0.1, -0.05) is 0 Å². The van der Waals surface area contributed by atoms with Gasteiger partial charge in [-0.05, 0) is 31.9 Å². The highest BCUT2D eigenvalue weighted by atomic mass is 19.4. The molecule has 164 valence electrons. The second kappa shape index (κ2) is 6.96. The summed E-state index contributed by atoms with van der Waals surface area (Å²) < 4.78 is 40.8. The highest BCUT2D eigenvalue weighted by Gasteiger charge is 2.45. The second-order valence-electron chi connectivity index (χ2n) is 8.33. The van der Waals surface area contributed by atoms with Gasteiger partial charge in [0.2, 0.25) is 5.95 Å². The van der Waals surface area contributed by atoms with Crippen LogP contribution in [-0.2, 0) is 12.7 Å². The fourth-order valence-corrected chi connectivity index (χ4v) is 4.81. The summed E-state index contributed by atoms with van der Waals surface area (Å²) in [6.45, 7) is 5.19. The largest absolute Gasteiger partial charge is 0.433 e. The van der Waals surface area contributed by atoms with Crippen molar-refractivity contribution in [1.82, 2.24) is 24.7 Å². The molecule has 0 aromatic carbocycles. The Morgan fingerprint density at radius 1 is 1.19 bits per heavy atom. The minimum absolute atomic E-state index is 0.0547. The number of H-pyrrole nitrogens is 1. The molecule has 5 heterocycles. The normalized spacial score (nSPS) is 21.7. The quantitative estimate of drug-likeness (QED) is 0.684. The molecule has 31 heavy (non-hydrogen) atoms. The van der Waals surface area contributed by atoms with E-state index in [1.54, 1.807) is 10.6 Å². The number of anilines is 2. The van der Waals surface area contributed by atoms with Gasteiger partial charge in [0.25, 0.3) is 5.56 Å². The third-order valence-electron chi connectivity index (χ3n) is 6.42. The molecule has 3 aromatic heterocycles. The molecule has 2 aliphatic rings. The monoisotopic (exact) mass is 433 g/mol. The fraction of sp³-hybridized carbons (Fsp3) is 0.500. The van der Waals surface area contributed by atoms with Crippen LogP contribution in [0.2, 0.25) is 0 Å². The van der Waals surface area contributed by atoms with Crippen molar-refractivity contribution in [2.45, 2.75) is 32.5 Å². The first-order chi connectivity index (χ1) is 14.8. The summed E-state index contributed by atoms with van der Waals surface area (Å²) in [6.07, 6.45) is 0.00789. The van der Waals surface area contributed by atoms with Crippen LogP contribution < -0.4 is 15.4 Å². The molecule has 1 N–H and O–H groups in total. The lowest BCUT2D eigenvalue weighted by Crippen LogP contribution is -2.34. The smallest absolute Gasteiger partial charge is 0.371 e. The number of nitrogens with one attached hydrogen (secondary N) is 1. The summed E-state index contributed by atoms with van der Waals surface area (Å²) in [5, 5.41) is 7.17. The topological polar surface area (TPSA) is 82.9 Å². The van der Waals surface area contributed by atoms with Crippen LogP contribution in [-0.4, -0.2) is 50.9 Å².